The zero-order chi connectivity index (χ0) is 20.0. The van der Waals surface area contributed by atoms with Crippen LogP contribution in [0.1, 0.15) is 5.56 Å². The molecule has 0 atom stereocenters. The van der Waals surface area contributed by atoms with E-state index in [9.17, 15) is 13.7 Å². The molecule has 0 saturated heterocycles. The van der Waals surface area contributed by atoms with Crippen molar-refractivity contribution in [2.75, 3.05) is 26.1 Å². The molecule has 1 N–H and O–H groups in total. The van der Waals surface area contributed by atoms with Crippen molar-refractivity contribution in [2.24, 2.45) is 0 Å². The van der Waals surface area contributed by atoms with E-state index in [0.29, 0.717) is 22.7 Å². The van der Waals surface area contributed by atoms with Gasteiger partial charge in [-0.05, 0) is 42.5 Å². The summed E-state index contributed by atoms with van der Waals surface area (Å²) in [7, 11) is 0.230. The monoisotopic (exact) mass is 452 g/mol. The molecule has 0 saturated carbocycles. The lowest BCUT2D eigenvalue weighted by Crippen LogP contribution is -2.14. The van der Waals surface area contributed by atoms with Gasteiger partial charge in [-0.1, -0.05) is 15.9 Å². The van der Waals surface area contributed by atoms with Crippen molar-refractivity contribution in [2.45, 2.75) is 0 Å². The molecule has 0 aliphatic rings. The summed E-state index contributed by atoms with van der Waals surface area (Å²) >= 11 is 3.28. The van der Waals surface area contributed by atoms with Crippen LogP contribution in [-0.4, -0.2) is 29.7 Å². The third-order valence-electron chi connectivity index (χ3n) is 3.52. The van der Waals surface area contributed by atoms with E-state index in [0.717, 1.165) is 4.47 Å². The van der Waals surface area contributed by atoms with Crippen molar-refractivity contribution in [3.05, 3.63) is 51.3 Å². The highest BCUT2D eigenvalue weighted by atomic mass is 79.9. The molecule has 0 bridgehead atoms. The van der Waals surface area contributed by atoms with Crippen molar-refractivity contribution in [3.8, 4) is 23.3 Å². The van der Waals surface area contributed by atoms with Crippen molar-refractivity contribution in [3.63, 3.8) is 0 Å². The molecule has 0 aromatic heterocycles. The number of hydrogen-bond donors (Lipinski definition) is 1. The summed E-state index contributed by atoms with van der Waals surface area (Å²) in [5, 5.41) is 9.39. The van der Waals surface area contributed by atoms with E-state index in [-0.39, 0.29) is 5.75 Å². The number of ether oxygens (including phenoxy) is 3. The molecule has 0 heterocycles. The van der Waals surface area contributed by atoms with Gasteiger partial charge in [0, 0.05) is 15.7 Å². The zero-order valence-electron chi connectivity index (χ0n) is 14.8. The van der Waals surface area contributed by atoms with E-state index >= 15 is 0 Å². The molecule has 2 rings (SSSR count). The van der Waals surface area contributed by atoms with Crippen molar-refractivity contribution in [1.29, 1.82) is 5.26 Å². The van der Waals surface area contributed by atoms with Crippen LogP contribution in [0.3, 0.4) is 0 Å². The molecule has 0 unspecified atom stereocenters. The number of benzene rings is 2. The minimum Gasteiger partial charge on any atom is -0.493 e. The molecular formula is C18H17BrN2O5S. The average Bonchev–Trinajstić information content (AvgIpc) is 2.66. The second kappa shape index (κ2) is 8.79. The number of rotatable bonds is 7. The van der Waals surface area contributed by atoms with E-state index in [1.165, 1.54) is 27.4 Å². The second-order valence-corrected chi connectivity index (χ2v) is 7.72. The number of sulfonamides is 1. The van der Waals surface area contributed by atoms with Gasteiger partial charge in [0.15, 0.2) is 16.4 Å². The Bertz CT molecular complexity index is 996. The van der Waals surface area contributed by atoms with E-state index in [2.05, 4.69) is 20.7 Å². The maximum atomic E-state index is 12.6. The first-order chi connectivity index (χ1) is 12.9. The van der Waals surface area contributed by atoms with Gasteiger partial charge in [-0.3, -0.25) is 4.72 Å². The Morgan fingerprint density at radius 3 is 2.19 bits per heavy atom. The predicted molar refractivity (Wildman–Crippen MR) is 106 cm³/mol. The Labute approximate surface area is 166 Å². The Morgan fingerprint density at radius 1 is 1.04 bits per heavy atom. The van der Waals surface area contributed by atoms with Gasteiger partial charge in [0.1, 0.15) is 6.07 Å². The number of nitrogens with one attached hydrogen (secondary N) is 1. The number of nitriles is 1. The number of allylic oxidation sites excluding steroid dienone is 1. The van der Waals surface area contributed by atoms with Crippen LogP contribution < -0.4 is 18.9 Å². The molecule has 0 aliphatic carbocycles. The van der Waals surface area contributed by atoms with Gasteiger partial charge >= 0.3 is 0 Å². The van der Waals surface area contributed by atoms with Gasteiger partial charge in [0.05, 0.1) is 21.3 Å². The molecule has 0 spiro atoms. The fraction of sp³-hybridized carbons (Fsp3) is 0.167. The van der Waals surface area contributed by atoms with Crippen molar-refractivity contribution < 1.29 is 22.6 Å². The van der Waals surface area contributed by atoms with Crippen LogP contribution >= 0.6 is 15.9 Å². The van der Waals surface area contributed by atoms with Crippen LogP contribution in [0.2, 0.25) is 0 Å². The number of anilines is 1. The van der Waals surface area contributed by atoms with E-state index < -0.39 is 14.9 Å². The van der Waals surface area contributed by atoms with Gasteiger partial charge in [-0.2, -0.15) is 5.26 Å². The Kier molecular flexibility index (Phi) is 6.71. The van der Waals surface area contributed by atoms with Crippen LogP contribution in [-0.2, 0) is 10.0 Å². The largest absolute Gasteiger partial charge is 0.493 e. The van der Waals surface area contributed by atoms with Crippen LogP contribution in [0.15, 0.2) is 45.8 Å². The van der Waals surface area contributed by atoms with Gasteiger partial charge in [-0.25, -0.2) is 8.42 Å². The molecule has 142 valence electrons. The van der Waals surface area contributed by atoms with E-state index in [1.54, 1.807) is 42.5 Å². The molecule has 9 heteroatoms. The number of methoxy groups -OCH3 is 3. The fourth-order valence-electron chi connectivity index (χ4n) is 2.28. The number of hydrogen-bond acceptors (Lipinski definition) is 6. The predicted octanol–water partition coefficient (Wildman–Crippen LogP) is 3.78. The average molecular weight is 453 g/mol. The summed E-state index contributed by atoms with van der Waals surface area (Å²) < 4.78 is 44.1. The summed E-state index contributed by atoms with van der Waals surface area (Å²) in [6, 6.07) is 11.4. The second-order valence-electron chi connectivity index (χ2n) is 5.16. The first kappa shape index (κ1) is 20.6. The van der Waals surface area contributed by atoms with Gasteiger partial charge in [-0.15, -0.1) is 0 Å². The minimum atomic E-state index is -4.09. The van der Waals surface area contributed by atoms with Crippen LogP contribution in [0, 0.1) is 11.3 Å². The number of halogens is 1. The summed E-state index contributed by atoms with van der Waals surface area (Å²) in [6.45, 7) is 0. The number of nitrogens with zero attached hydrogens (tertiary/aromatic N) is 1. The summed E-state index contributed by atoms with van der Waals surface area (Å²) in [5.74, 6) is 0.966. The maximum Gasteiger partial charge on any atom is 0.272 e. The molecular weight excluding hydrogens is 436 g/mol. The molecule has 2 aromatic carbocycles. The molecule has 0 amide bonds. The standard InChI is InChI=1S/C18H17BrN2O5S/c1-24-16-9-4-12(17(25-2)18(16)26-3)10-15(11-20)27(22,23)21-14-7-5-13(19)6-8-14/h4-10,21H,1-3H3/b15-10+. The van der Waals surface area contributed by atoms with E-state index in [1.807, 2.05) is 0 Å². The lowest BCUT2D eigenvalue weighted by Gasteiger charge is -2.14. The zero-order valence-corrected chi connectivity index (χ0v) is 17.2. The van der Waals surface area contributed by atoms with Gasteiger partial charge < -0.3 is 14.2 Å². The summed E-state index contributed by atoms with van der Waals surface area (Å²) in [5.41, 5.74) is 0.687. The van der Waals surface area contributed by atoms with Crippen LogP contribution in [0.4, 0.5) is 5.69 Å². The van der Waals surface area contributed by atoms with Crippen LogP contribution in [0.25, 0.3) is 6.08 Å². The molecule has 2 aromatic rings. The molecule has 0 fully saturated rings. The smallest absolute Gasteiger partial charge is 0.272 e. The maximum absolute atomic E-state index is 12.6. The third kappa shape index (κ3) is 4.72. The van der Waals surface area contributed by atoms with Crippen molar-refractivity contribution >= 4 is 37.7 Å². The summed E-state index contributed by atoms with van der Waals surface area (Å²) in [4.78, 5) is -0.476. The highest BCUT2D eigenvalue weighted by Gasteiger charge is 2.21. The summed E-state index contributed by atoms with van der Waals surface area (Å²) in [6.07, 6.45) is 1.21. The van der Waals surface area contributed by atoms with Gasteiger partial charge in [0.2, 0.25) is 5.75 Å². The first-order valence-corrected chi connectivity index (χ1v) is 9.83. The molecule has 0 aliphatic heterocycles. The highest BCUT2D eigenvalue weighted by molar-refractivity contribution is 9.10. The molecule has 27 heavy (non-hydrogen) atoms. The Morgan fingerprint density at radius 2 is 1.67 bits per heavy atom. The SMILES string of the molecule is COc1ccc(/C=C(\C#N)S(=O)(=O)Nc2ccc(Br)cc2)c(OC)c1OC. The Hall–Kier alpha value is -2.70. The highest BCUT2D eigenvalue weighted by Crippen LogP contribution is 2.40. The Balaban J connectivity index is 2.49. The first-order valence-electron chi connectivity index (χ1n) is 7.55. The third-order valence-corrected chi connectivity index (χ3v) is 5.34. The molecule has 0 radical (unpaired) electrons. The lowest BCUT2D eigenvalue weighted by molar-refractivity contribution is 0.324. The quantitative estimate of drug-likeness (QED) is 0.641. The normalized spacial score (nSPS) is 11.4. The fourth-order valence-corrected chi connectivity index (χ4v) is 3.50. The minimum absolute atomic E-state index is 0.253. The lowest BCUT2D eigenvalue weighted by atomic mass is 10.1. The molecule has 7 nitrogen and oxygen atoms in total. The van der Waals surface area contributed by atoms with Crippen molar-refractivity contribution in [1.82, 2.24) is 0 Å². The van der Waals surface area contributed by atoms with Crippen LogP contribution in [0.5, 0.6) is 17.2 Å². The van der Waals surface area contributed by atoms with E-state index in [4.69, 9.17) is 14.2 Å². The van der Waals surface area contributed by atoms with Gasteiger partial charge in [0.25, 0.3) is 10.0 Å². The topological polar surface area (TPSA) is 97.7 Å².